The first-order chi connectivity index (χ1) is 4.22. The van der Waals surface area contributed by atoms with E-state index in [1.54, 1.807) is 11.3 Å². The zero-order valence-electron chi connectivity index (χ0n) is 6.51. The van der Waals surface area contributed by atoms with Crippen LogP contribution in [0, 0.1) is 12.4 Å². The molecular weight excluding hydrogens is 219 g/mol. The van der Waals surface area contributed by atoms with Gasteiger partial charge in [0.1, 0.15) is 0 Å². The molecule has 0 aliphatic carbocycles. The van der Waals surface area contributed by atoms with E-state index < -0.39 is 0 Å². The Morgan fingerprint density at radius 3 is 2.30 bits per heavy atom. The smallest absolute Gasteiger partial charge is 0 e. The van der Waals surface area contributed by atoms with E-state index in [2.05, 4.69) is 31.3 Å². The van der Waals surface area contributed by atoms with Crippen molar-refractivity contribution >= 4 is 11.3 Å². The van der Waals surface area contributed by atoms with Crippen LogP contribution in [0.3, 0.4) is 0 Å². The normalized spacial score (nSPS) is 9.60. The number of aromatic nitrogens is 1. The molecule has 0 bridgehead atoms. The number of hydrogen-bond donors (Lipinski definition) is 0. The minimum atomic E-state index is 0. The second-order valence-electron chi connectivity index (χ2n) is 2.40. The largest absolute Gasteiger partial charge is 0.390 e. The number of thiazole rings is 1. The van der Waals surface area contributed by atoms with Crippen molar-refractivity contribution in [2.45, 2.75) is 26.7 Å². The predicted octanol–water partition coefficient (Wildman–Crippen LogP) is 2.37. The van der Waals surface area contributed by atoms with Crippen LogP contribution in [0.2, 0.25) is 0 Å². The maximum atomic E-state index is 4.11. The Kier molecular flexibility index (Phi) is 4.92. The van der Waals surface area contributed by atoms with Gasteiger partial charge in [-0.3, -0.25) is 11.3 Å². The molecule has 0 aliphatic heterocycles. The second-order valence-corrected chi connectivity index (χ2v) is 3.40. The molecule has 0 saturated heterocycles. The van der Waals surface area contributed by atoms with Crippen molar-refractivity contribution in [2.75, 3.05) is 0 Å². The molecule has 0 amide bonds. The van der Waals surface area contributed by atoms with Gasteiger partial charge in [0.05, 0.1) is 0 Å². The van der Waals surface area contributed by atoms with Crippen LogP contribution < -0.4 is 0 Å². The standard InChI is InChI=1S/C7H10NS.Y/c1-5(2)7-6(3)9-4-8-7;/h5H,1-3H3;/q-1;. The Morgan fingerprint density at radius 2 is 2.10 bits per heavy atom. The van der Waals surface area contributed by atoms with Crippen molar-refractivity contribution < 1.29 is 32.7 Å². The van der Waals surface area contributed by atoms with Crippen molar-refractivity contribution in [3.05, 3.63) is 16.1 Å². The van der Waals surface area contributed by atoms with Crippen molar-refractivity contribution in [3.8, 4) is 0 Å². The Bertz CT molecular complexity index is 195. The number of nitrogens with zero attached hydrogens (tertiary/aromatic N) is 1. The molecule has 0 unspecified atom stereocenters. The van der Waals surface area contributed by atoms with Crippen LogP contribution in [-0.2, 0) is 32.7 Å². The molecule has 1 rings (SSSR count). The number of aryl methyl sites for hydroxylation is 1. The minimum Gasteiger partial charge on any atom is -0.390 e. The summed E-state index contributed by atoms with van der Waals surface area (Å²) < 4.78 is 0. The molecule has 0 aliphatic rings. The fourth-order valence-electron chi connectivity index (χ4n) is 0.807. The van der Waals surface area contributed by atoms with E-state index in [0.29, 0.717) is 5.92 Å². The van der Waals surface area contributed by atoms with Crippen LogP contribution in [0.1, 0.15) is 30.3 Å². The summed E-state index contributed by atoms with van der Waals surface area (Å²) in [5.74, 6) is 0.549. The molecule has 1 aromatic rings. The molecule has 1 nitrogen and oxygen atoms in total. The van der Waals surface area contributed by atoms with Crippen LogP contribution in [0.25, 0.3) is 0 Å². The average molecular weight is 229 g/mol. The van der Waals surface area contributed by atoms with Gasteiger partial charge >= 0.3 is 0 Å². The van der Waals surface area contributed by atoms with Crippen molar-refractivity contribution in [3.63, 3.8) is 0 Å². The fourth-order valence-corrected chi connectivity index (χ4v) is 1.47. The summed E-state index contributed by atoms with van der Waals surface area (Å²) in [4.78, 5) is 5.41. The topological polar surface area (TPSA) is 12.9 Å². The van der Waals surface area contributed by atoms with Gasteiger partial charge in [0, 0.05) is 32.7 Å². The Labute approximate surface area is 91.1 Å². The van der Waals surface area contributed by atoms with Gasteiger partial charge in [-0.25, -0.2) is 0 Å². The molecule has 1 aromatic heterocycles. The molecule has 1 heterocycles. The average Bonchev–Trinajstić information content (AvgIpc) is 2.13. The zero-order valence-corrected chi connectivity index (χ0v) is 10.2. The van der Waals surface area contributed by atoms with Gasteiger partial charge in [0.2, 0.25) is 0 Å². The minimum absolute atomic E-state index is 0. The van der Waals surface area contributed by atoms with Gasteiger partial charge < -0.3 is 4.98 Å². The van der Waals surface area contributed by atoms with E-state index in [9.17, 15) is 0 Å². The van der Waals surface area contributed by atoms with Gasteiger partial charge in [-0.05, 0) is 5.51 Å². The Hall–Kier alpha value is 0.734. The first-order valence-electron chi connectivity index (χ1n) is 3.05. The van der Waals surface area contributed by atoms with Crippen LogP contribution >= 0.6 is 11.3 Å². The quantitative estimate of drug-likeness (QED) is 0.673. The SMILES string of the molecule is Cc1s[c-]nc1C(C)C.[Y]. The first kappa shape index (κ1) is 10.7. The molecule has 53 valence electrons. The zero-order chi connectivity index (χ0) is 6.85. The third-order valence-electron chi connectivity index (χ3n) is 1.27. The molecular formula is C7H10NSY-. The summed E-state index contributed by atoms with van der Waals surface area (Å²) in [6.07, 6.45) is 0. The summed E-state index contributed by atoms with van der Waals surface area (Å²) in [5, 5.41) is 0. The summed E-state index contributed by atoms with van der Waals surface area (Å²) in [5.41, 5.74) is 4.07. The molecule has 0 spiro atoms. The fraction of sp³-hybridized carbons (Fsp3) is 0.571. The Balaban J connectivity index is 0.000000810. The molecule has 0 fully saturated rings. The molecule has 10 heavy (non-hydrogen) atoms. The van der Waals surface area contributed by atoms with Crippen LogP contribution in [0.4, 0.5) is 0 Å². The maximum absolute atomic E-state index is 4.11. The van der Waals surface area contributed by atoms with Gasteiger partial charge in [0.25, 0.3) is 0 Å². The van der Waals surface area contributed by atoms with Crippen LogP contribution in [0.5, 0.6) is 0 Å². The summed E-state index contributed by atoms with van der Waals surface area (Å²) in [7, 11) is 0. The predicted molar refractivity (Wildman–Crippen MR) is 39.8 cm³/mol. The molecule has 0 atom stereocenters. The third kappa shape index (κ3) is 2.41. The van der Waals surface area contributed by atoms with Crippen molar-refractivity contribution in [2.24, 2.45) is 0 Å². The van der Waals surface area contributed by atoms with Gasteiger partial charge in [-0.1, -0.05) is 32.4 Å². The van der Waals surface area contributed by atoms with Crippen molar-refractivity contribution in [1.29, 1.82) is 0 Å². The maximum Gasteiger partial charge on any atom is 0 e. The van der Waals surface area contributed by atoms with E-state index in [1.807, 2.05) is 0 Å². The molecule has 1 radical (unpaired) electrons. The van der Waals surface area contributed by atoms with Crippen molar-refractivity contribution in [1.82, 2.24) is 4.98 Å². The van der Waals surface area contributed by atoms with Crippen LogP contribution in [-0.4, -0.2) is 4.98 Å². The molecule has 0 saturated carbocycles. The monoisotopic (exact) mass is 229 g/mol. The van der Waals surface area contributed by atoms with E-state index in [4.69, 9.17) is 0 Å². The van der Waals surface area contributed by atoms with Gasteiger partial charge in [0.15, 0.2) is 0 Å². The summed E-state index contributed by atoms with van der Waals surface area (Å²) in [6, 6.07) is 0. The van der Waals surface area contributed by atoms with Gasteiger partial charge in [-0.15, -0.1) is 4.88 Å². The summed E-state index contributed by atoms with van der Waals surface area (Å²) in [6.45, 7) is 6.38. The Morgan fingerprint density at radius 1 is 1.50 bits per heavy atom. The van der Waals surface area contributed by atoms with E-state index in [1.165, 1.54) is 10.6 Å². The van der Waals surface area contributed by atoms with E-state index >= 15 is 0 Å². The molecule has 0 aromatic carbocycles. The number of rotatable bonds is 1. The second kappa shape index (κ2) is 4.58. The van der Waals surface area contributed by atoms with E-state index in [0.717, 1.165) is 0 Å². The van der Waals surface area contributed by atoms with Crippen LogP contribution in [0.15, 0.2) is 0 Å². The van der Waals surface area contributed by atoms with Gasteiger partial charge in [-0.2, -0.15) is 0 Å². The summed E-state index contributed by atoms with van der Waals surface area (Å²) >= 11 is 1.60. The first-order valence-corrected chi connectivity index (χ1v) is 3.87. The third-order valence-corrected chi connectivity index (χ3v) is 1.97. The molecule has 0 N–H and O–H groups in total. The molecule has 3 heteroatoms. The number of hydrogen-bond acceptors (Lipinski definition) is 2. The van der Waals surface area contributed by atoms with E-state index in [-0.39, 0.29) is 32.7 Å².